The van der Waals surface area contributed by atoms with Gasteiger partial charge in [0, 0.05) is 47.8 Å². The molecule has 8 aliphatic carbocycles. The van der Waals surface area contributed by atoms with Gasteiger partial charge in [-0.05, 0) is 159 Å². The summed E-state index contributed by atoms with van der Waals surface area (Å²) >= 11 is 0. The van der Waals surface area contributed by atoms with E-state index in [1.54, 1.807) is 62.3 Å². The standard InChI is InChI=1S/C18H24O8.C17H21F3O6.C17H21NO6.C17H26O5.C15H20O7/c1-5-18(2,3)17(22)24-7-10(19)25-13-8-6-9-12(11(8)15(20)23-4)16(21)26-14(9)13;1-4-15(2,3)13(22)24-7-10(21)25-11-8-5-9-12(11)26-14(23)16(9,6-8)17(18,19)20;1-4-16(2,3)14(20)22-7-11(19)23-12-9-5-10-13(12)24-15(21)17(10,6-9)8-18;1-4-17(2,3)16(19)21-7-5-6-20-13-10-8-11-12(9-10)15(18)22-14(11)13;1-4-15(2,3)14(18)19-6-9(16)21-11-8-5-7-10(20-8)12(11)22-13(7)17/h8-9,11-14H,5-7H2,1-4H3;8-9,11-12H,4-7H2,1-3H3;9-10,12-13H,4-7H2,1-3H3;10-14H,4-9H2,1-3H3;7-8,10-12H,4-6H2,1-3H3. The van der Waals surface area contributed by atoms with Gasteiger partial charge < -0.3 is 80.5 Å². The first-order valence-corrected chi connectivity index (χ1v) is 41.7. The molecule has 0 radical (unpaired) electrons. The predicted octanol–water partition coefficient (Wildman–Crippen LogP) is 7.52. The highest BCUT2D eigenvalue weighted by molar-refractivity contribution is 5.88. The van der Waals surface area contributed by atoms with E-state index in [0.717, 1.165) is 19.3 Å². The van der Waals surface area contributed by atoms with E-state index in [2.05, 4.69) is 6.07 Å². The Morgan fingerprint density at radius 1 is 0.433 bits per heavy atom. The van der Waals surface area contributed by atoms with Crippen LogP contribution in [0.5, 0.6) is 0 Å². The molecule has 7 aliphatic heterocycles. The summed E-state index contributed by atoms with van der Waals surface area (Å²) in [7, 11) is 1.27. The van der Waals surface area contributed by atoms with Gasteiger partial charge in [0.2, 0.25) is 0 Å². The number of nitrogens with zero attached hydrogens (tertiary/aromatic N) is 1. The predicted molar refractivity (Wildman–Crippen MR) is 394 cm³/mol. The Balaban J connectivity index is 0.000000147. The number of nitriles is 1. The van der Waals surface area contributed by atoms with Crippen LogP contribution >= 0.6 is 0 Å². The van der Waals surface area contributed by atoms with E-state index >= 15 is 0 Å². The molecule has 0 amide bonds. The molecule has 120 heavy (non-hydrogen) atoms. The van der Waals surface area contributed by atoms with E-state index in [0.29, 0.717) is 82.8 Å². The van der Waals surface area contributed by atoms with Crippen molar-refractivity contribution in [2.45, 2.75) is 273 Å². The van der Waals surface area contributed by atoms with Crippen molar-refractivity contribution in [3.8, 4) is 6.07 Å². The molecule has 7 saturated heterocycles. The van der Waals surface area contributed by atoms with E-state index in [1.165, 1.54) is 7.11 Å². The first-order valence-electron chi connectivity index (χ1n) is 41.7. The lowest BCUT2D eigenvalue weighted by Crippen LogP contribution is -2.48. The second-order valence-corrected chi connectivity index (χ2v) is 37.4. The minimum Gasteiger partial charge on any atom is -0.469 e. The zero-order valence-electron chi connectivity index (χ0n) is 70.6. The van der Waals surface area contributed by atoms with Crippen molar-refractivity contribution >= 4 is 89.5 Å². The van der Waals surface area contributed by atoms with Crippen LogP contribution in [-0.2, 0) is 152 Å². The first kappa shape index (κ1) is 92.0. The number of esters is 15. The molecule has 15 aliphatic rings. The largest absolute Gasteiger partial charge is 0.469 e. The Morgan fingerprint density at radius 3 is 1.36 bits per heavy atom. The average Bonchev–Trinajstić information content (AvgIpc) is 1.52. The fourth-order valence-electron chi connectivity index (χ4n) is 19.3. The van der Waals surface area contributed by atoms with E-state index in [9.17, 15) is 90.4 Å². The van der Waals surface area contributed by atoms with Crippen LogP contribution < -0.4 is 0 Å². The lowest BCUT2D eigenvalue weighted by atomic mass is 9.73. The van der Waals surface area contributed by atoms with Crippen LogP contribution in [0.4, 0.5) is 13.2 Å². The quantitative estimate of drug-likeness (QED) is 0.0415. The minimum atomic E-state index is -4.69. The van der Waals surface area contributed by atoms with Crippen LogP contribution in [0, 0.1) is 120 Å². The topological polar surface area (TPSA) is 437 Å². The summed E-state index contributed by atoms with van der Waals surface area (Å²) in [5.74, 6) is -10.8. The Kier molecular flexibility index (Phi) is 26.7. The monoisotopic (exact) mass is 1700 g/mol. The summed E-state index contributed by atoms with van der Waals surface area (Å²) in [4.78, 5) is 179. The number of rotatable bonds is 28. The van der Waals surface area contributed by atoms with Gasteiger partial charge in [0.1, 0.15) is 48.8 Å². The maximum Gasteiger partial charge on any atom is 0.405 e. The smallest absolute Gasteiger partial charge is 0.405 e. The molecule has 0 aromatic carbocycles. The molecule has 36 heteroatoms. The molecule has 0 N–H and O–H groups in total. The number of halogens is 3. The molecule has 0 spiro atoms. The van der Waals surface area contributed by atoms with Gasteiger partial charge in [-0.1, -0.05) is 34.6 Å². The van der Waals surface area contributed by atoms with Crippen molar-refractivity contribution in [3.63, 3.8) is 0 Å². The highest BCUT2D eigenvalue weighted by Gasteiger charge is 2.81. The molecule has 0 aromatic heterocycles. The number of methoxy groups -OCH3 is 1. The van der Waals surface area contributed by atoms with E-state index in [4.69, 9.17) is 80.5 Å². The fourth-order valence-corrected chi connectivity index (χ4v) is 19.3. The van der Waals surface area contributed by atoms with Gasteiger partial charge in [0.25, 0.3) is 0 Å². The van der Waals surface area contributed by atoms with E-state index in [-0.39, 0.29) is 84.3 Å². The van der Waals surface area contributed by atoms with Crippen LogP contribution in [-0.4, -0.2) is 216 Å². The summed E-state index contributed by atoms with van der Waals surface area (Å²) in [6, 6.07) is 2.10. The summed E-state index contributed by atoms with van der Waals surface area (Å²) in [5.41, 5.74) is -6.67. The molecule has 0 aromatic rings. The zero-order chi connectivity index (χ0) is 88.4. The van der Waals surface area contributed by atoms with Crippen molar-refractivity contribution in [1.29, 1.82) is 5.26 Å². The number of hydrogen-bond donors (Lipinski definition) is 0. The van der Waals surface area contributed by atoms with Crippen molar-refractivity contribution in [2.24, 2.45) is 109 Å². The Labute approximate surface area is 692 Å². The molecule has 7 heterocycles. The van der Waals surface area contributed by atoms with E-state index < -0.39 is 221 Å². The molecule has 15 fully saturated rings. The normalized spacial score (nSPS) is 35.4. The highest BCUT2D eigenvalue weighted by Crippen LogP contribution is 2.68. The number of ether oxygens (including phenoxy) is 17. The highest BCUT2D eigenvalue weighted by atomic mass is 19.4. The van der Waals surface area contributed by atoms with Gasteiger partial charge in [0.05, 0.1) is 89.3 Å². The number of carbonyl (C=O) groups is 15. The summed E-state index contributed by atoms with van der Waals surface area (Å²) in [6.07, 6.45) is -3.25. The lowest BCUT2D eigenvalue weighted by Gasteiger charge is -2.33. The van der Waals surface area contributed by atoms with Crippen LogP contribution in [0.3, 0.4) is 0 Å². The number of alkyl halides is 3. The molecule has 33 nitrogen and oxygen atoms in total. The molecule has 26 atom stereocenters. The summed E-state index contributed by atoms with van der Waals surface area (Å²) in [5, 5.41) is 9.33. The SMILES string of the molecule is CCC(C)(C)C(=O)OCC(=O)OC1C2CC3C(=O)OC1C3O2.CCC(C)(C)C(=O)OCC(=O)OC1C2CC3C1OC(=O)C3(C#N)C2.CCC(C)(C)C(=O)OCC(=O)OC1C2CC3C1OC(=O)C3(C(F)(F)F)C2.CCC(C)(C)C(=O)OCC(=O)OC1C2CC3C1OC(=O)C3C2C(=O)OC.CCC(C)(C)C(=O)OCCCOC1C2CC3C(=O)OC1C3C2. The third-order valence-corrected chi connectivity index (χ3v) is 28.4. The second-order valence-electron chi connectivity index (χ2n) is 37.4. The lowest BCUT2D eigenvalue weighted by molar-refractivity contribution is -0.231. The molecule has 26 unspecified atom stereocenters. The van der Waals surface area contributed by atoms with Gasteiger partial charge in [-0.3, -0.25) is 52.7 Å². The first-order chi connectivity index (χ1) is 56.2. The van der Waals surface area contributed by atoms with Crippen LogP contribution in [0.1, 0.15) is 194 Å². The zero-order valence-corrected chi connectivity index (χ0v) is 70.6. The molecular formula is C84H112F3NO32. The summed E-state index contributed by atoms with van der Waals surface area (Å²) < 4.78 is 130. The van der Waals surface area contributed by atoms with Crippen molar-refractivity contribution in [1.82, 2.24) is 0 Å². The minimum absolute atomic E-state index is 0.0284. The Bertz CT molecular complexity index is 4070. The molecule has 8 saturated carbocycles. The molecule has 666 valence electrons. The molecule has 10 bridgehead atoms. The van der Waals surface area contributed by atoms with E-state index in [1.807, 2.05) is 41.5 Å². The van der Waals surface area contributed by atoms with Crippen molar-refractivity contribution in [3.05, 3.63) is 0 Å². The van der Waals surface area contributed by atoms with Crippen LogP contribution in [0.25, 0.3) is 0 Å². The van der Waals surface area contributed by atoms with Gasteiger partial charge >= 0.3 is 95.7 Å². The van der Waals surface area contributed by atoms with Crippen LogP contribution in [0.2, 0.25) is 0 Å². The maximum absolute atomic E-state index is 13.4. The van der Waals surface area contributed by atoms with Crippen molar-refractivity contribution < 1.29 is 166 Å². The second kappa shape index (κ2) is 34.9. The third-order valence-electron chi connectivity index (χ3n) is 28.4. The average molecular weight is 1700 g/mol. The Hall–Kier alpha value is -8.75. The Morgan fingerprint density at radius 2 is 0.867 bits per heavy atom. The number of carbonyl (C=O) groups excluding carboxylic acids is 15. The number of hydrogen-bond acceptors (Lipinski definition) is 33. The molecular weight excluding hydrogens is 1590 g/mol. The van der Waals surface area contributed by atoms with Gasteiger partial charge in [-0.15, -0.1) is 0 Å². The van der Waals surface area contributed by atoms with Crippen molar-refractivity contribution in [2.75, 3.05) is 46.8 Å². The van der Waals surface area contributed by atoms with Gasteiger partial charge in [0.15, 0.2) is 49.5 Å². The van der Waals surface area contributed by atoms with Gasteiger partial charge in [-0.2, -0.15) is 18.4 Å². The molecule has 15 rings (SSSR count). The third kappa shape index (κ3) is 17.3. The fraction of sp³-hybridized carbons (Fsp3) is 0.810. The van der Waals surface area contributed by atoms with Gasteiger partial charge in [-0.25, -0.2) is 19.2 Å². The van der Waals surface area contributed by atoms with Crippen LogP contribution in [0.15, 0.2) is 0 Å². The summed E-state index contributed by atoms with van der Waals surface area (Å²) in [6.45, 7) is 25.9. The number of fused-ring (bicyclic) bond motifs is 5. The maximum atomic E-state index is 13.4.